The maximum atomic E-state index is 14.0. The molecule has 3 aromatic rings. The summed E-state index contributed by atoms with van der Waals surface area (Å²) in [6, 6.07) is 26.6. The third-order valence-electron chi connectivity index (χ3n) is 8.05. The minimum absolute atomic E-state index is 0.194. The molecule has 0 aromatic heterocycles. The molecular weight excluding hydrogens is 518 g/mol. The van der Waals surface area contributed by atoms with Crippen LogP contribution in [0.25, 0.3) is 0 Å². The molecule has 1 atom stereocenters. The summed E-state index contributed by atoms with van der Waals surface area (Å²) in [4.78, 5) is 16.4. The van der Waals surface area contributed by atoms with Crippen molar-refractivity contribution in [3.63, 3.8) is 0 Å². The van der Waals surface area contributed by atoms with E-state index in [9.17, 15) is 4.79 Å². The largest absolute Gasteiger partial charge is 0.493 e. The number of nitrogens with one attached hydrogen (secondary N) is 1. The molecule has 0 bridgehead atoms. The highest BCUT2D eigenvalue weighted by Crippen LogP contribution is 2.37. The van der Waals surface area contributed by atoms with Gasteiger partial charge in [-0.2, -0.15) is 0 Å². The van der Waals surface area contributed by atoms with E-state index in [0.29, 0.717) is 5.75 Å². The summed E-state index contributed by atoms with van der Waals surface area (Å²) in [6.07, 6.45) is 3.85. The van der Waals surface area contributed by atoms with Gasteiger partial charge in [-0.1, -0.05) is 73.5 Å². The first-order valence-electron chi connectivity index (χ1n) is 14.5. The van der Waals surface area contributed by atoms with Crippen LogP contribution < -0.4 is 14.8 Å². The number of benzene rings is 3. The molecule has 0 spiro atoms. The molecule has 0 aliphatic carbocycles. The molecule has 212 valence electrons. The van der Waals surface area contributed by atoms with Gasteiger partial charge in [-0.25, -0.2) is 4.31 Å². The molecule has 1 N–H and O–H groups in total. The van der Waals surface area contributed by atoms with E-state index >= 15 is 0 Å². The Hall–Kier alpha value is -3.00. The molecule has 1 amide bonds. The zero-order valence-electron chi connectivity index (χ0n) is 23.7. The molecule has 2 fully saturated rings. The van der Waals surface area contributed by atoms with Crippen molar-refractivity contribution < 1.29 is 14.3 Å². The van der Waals surface area contributed by atoms with E-state index in [4.69, 9.17) is 9.47 Å². The van der Waals surface area contributed by atoms with Gasteiger partial charge in [0.05, 0.1) is 12.5 Å². The van der Waals surface area contributed by atoms with Gasteiger partial charge in [-0.05, 0) is 61.1 Å². The molecule has 0 saturated carbocycles. The van der Waals surface area contributed by atoms with Crippen molar-refractivity contribution in [3.05, 3.63) is 90.0 Å². The fraction of sp³-hybridized carbons (Fsp3) is 0.424. The highest BCUT2D eigenvalue weighted by Gasteiger charge is 2.44. The topological polar surface area (TPSA) is 54.0 Å². The first-order valence-corrected chi connectivity index (χ1v) is 15.4. The van der Waals surface area contributed by atoms with Gasteiger partial charge >= 0.3 is 0 Å². The van der Waals surface area contributed by atoms with E-state index in [0.717, 1.165) is 81.2 Å². The quantitative estimate of drug-likeness (QED) is 0.296. The lowest BCUT2D eigenvalue weighted by atomic mass is 9.73. The lowest BCUT2D eigenvalue weighted by Gasteiger charge is -2.43. The molecule has 2 saturated heterocycles. The number of nitrogens with zero attached hydrogens (tertiary/aromatic N) is 2. The number of likely N-dealkylation sites (tertiary alicyclic amines) is 1. The highest BCUT2D eigenvalue weighted by molar-refractivity contribution is 7.96. The third-order valence-corrected chi connectivity index (χ3v) is 8.99. The summed E-state index contributed by atoms with van der Waals surface area (Å²) in [5, 5.41) is 3.49. The Kier molecular flexibility index (Phi) is 9.68. The first-order chi connectivity index (χ1) is 19.6. The number of hydrogen-bond acceptors (Lipinski definition) is 6. The second-order valence-electron chi connectivity index (χ2n) is 10.8. The van der Waals surface area contributed by atoms with Gasteiger partial charge in [-0.15, -0.1) is 0 Å². The van der Waals surface area contributed by atoms with Crippen molar-refractivity contribution in [1.29, 1.82) is 0 Å². The van der Waals surface area contributed by atoms with Crippen molar-refractivity contribution in [2.45, 2.75) is 50.6 Å². The number of rotatable bonds is 10. The maximum absolute atomic E-state index is 14.0. The molecule has 3 aromatic carbocycles. The number of carbonyl (C=O) groups is 1. The number of piperidine rings is 2. The molecule has 5 rings (SSSR count). The standard InChI is InChI=1S/C33H41N3O3S/c1-3-40-36-20-10-19-33(25-36,27-12-5-4-6-13-27)32(37)34-28-17-21-35(22-18-28)24-26-11-9-14-29(23-26)39-31-16-8-7-15-30(31)38-2/h4-9,11-16,23,28H,3,10,17-22,24-25H2,1-2H3,(H,34,37). The second-order valence-corrected chi connectivity index (χ2v) is 12.1. The Morgan fingerprint density at radius 3 is 2.48 bits per heavy atom. The molecule has 0 radical (unpaired) electrons. The molecule has 7 heteroatoms. The Balaban J connectivity index is 1.18. The molecule has 6 nitrogen and oxygen atoms in total. The molecule has 2 aliphatic rings. The minimum atomic E-state index is -0.485. The number of methoxy groups -OCH3 is 1. The molecular formula is C33H41N3O3S. The number of hydrogen-bond donors (Lipinski definition) is 1. The predicted molar refractivity (Wildman–Crippen MR) is 163 cm³/mol. The zero-order valence-corrected chi connectivity index (χ0v) is 24.5. The maximum Gasteiger partial charge on any atom is 0.232 e. The lowest BCUT2D eigenvalue weighted by molar-refractivity contribution is -0.129. The van der Waals surface area contributed by atoms with Crippen molar-refractivity contribution in [2.75, 3.05) is 39.0 Å². The van der Waals surface area contributed by atoms with Gasteiger partial charge in [0.15, 0.2) is 11.5 Å². The Labute approximate surface area is 243 Å². The van der Waals surface area contributed by atoms with Gasteiger partial charge in [0.2, 0.25) is 5.91 Å². The summed E-state index contributed by atoms with van der Waals surface area (Å²) < 4.78 is 13.9. The predicted octanol–water partition coefficient (Wildman–Crippen LogP) is 6.27. The number of para-hydroxylation sites is 2. The second kappa shape index (κ2) is 13.6. The average molecular weight is 560 g/mol. The highest BCUT2D eigenvalue weighted by atomic mass is 32.2. The number of ether oxygens (including phenoxy) is 2. The van der Waals surface area contributed by atoms with Crippen LogP contribution in [0.3, 0.4) is 0 Å². The van der Waals surface area contributed by atoms with E-state index in [1.165, 1.54) is 5.56 Å². The van der Waals surface area contributed by atoms with Crippen LogP contribution >= 0.6 is 11.9 Å². The average Bonchev–Trinajstić information content (AvgIpc) is 2.99. The van der Waals surface area contributed by atoms with Crippen LogP contribution in [-0.4, -0.2) is 60.2 Å². The van der Waals surface area contributed by atoms with Crippen LogP contribution in [0.4, 0.5) is 0 Å². The summed E-state index contributed by atoms with van der Waals surface area (Å²) in [7, 11) is 1.65. The minimum Gasteiger partial charge on any atom is -0.493 e. The fourth-order valence-electron chi connectivity index (χ4n) is 5.97. The van der Waals surface area contributed by atoms with Crippen LogP contribution in [0.1, 0.15) is 43.7 Å². The smallest absolute Gasteiger partial charge is 0.232 e. The van der Waals surface area contributed by atoms with Crippen LogP contribution in [0.2, 0.25) is 0 Å². The van der Waals surface area contributed by atoms with Gasteiger partial charge in [0.1, 0.15) is 5.75 Å². The molecule has 1 unspecified atom stereocenters. The van der Waals surface area contributed by atoms with Gasteiger partial charge in [-0.3, -0.25) is 9.69 Å². The monoisotopic (exact) mass is 559 g/mol. The zero-order chi connectivity index (χ0) is 27.8. The summed E-state index contributed by atoms with van der Waals surface area (Å²) >= 11 is 1.85. The van der Waals surface area contributed by atoms with E-state index in [-0.39, 0.29) is 11.9 Å². The Morgan fingerprint density at radius 2 is 1.73 bits per heavy atom. The Bertz CT molecular complexity index is 1250. The van der Waals surface area contributed by atoms with Crippen molar-refractivity contribution in [3.8, 4) is 17.2 Å². The molecule has 2 heterocycles. The van der Waals surface area contributed by atoms with Crippen molar-refractivity contribution >= 4 is 17.9 Å². The van der Waals surface area contributed by atoms with Crippen molar-refractivity contribution in [2.24, 2.45) is 0 Å². The lowest BCUT2D eigenvalue weighted by Crippen LogP contribution is -2.56. The normalized spacial score (nSPS) is 20.6. The number of amides is 1. The van der Waals surface area contributed by atoms with E-state index in [1.807, 2.05) is 54.4 Å². The van der Waals surface area contributed by atoms with E-state index in [1.54, 1.807) is 7.11 Å². The number of carbonyl (C=O) groups excluding carboxylic acids is 1. The third kappa shape index (κ3) is 6.82. The first kappa shape index (κ1) is 28.5. The van der Waals surface area contributed by atoms with E-state index in [2.05, 4.69) is 57.8 Å². The van der Waals surface area contributed by atoms with E-state index < -0.39 is 5.41 Å². The SMILES string of the molecule is CCSN1CCCC(C(=O)NC2CCN(Cc3cccc(Oc4ccccc4OC)c3)CC2)(c2ccccc2)C1. The summed E-state index contributed by atoms with van der Waals surface area (Å²) in [5.74, 6) is 3.45. The Morgan fingerprint density at radius 1 is 0.975 bits per heavy atom. The molecule has 2 aliphatic heterocycles. The van der Waals surface area contributed by atoms with Crippen LogP contribution in [0.5, 0.6) is 17.2 Å². The molecule has 40 heavy (non-hydrogen) atoms. The van der Waals surface area contributed by atoms with Crippen LogP contribution in [0, 0.1) is 0 Å². The van der Waals surface area contributed by atoms with Crippen molar-refractivity contribution in [1.82, 2.24) is 14.5 Å². The van der Waals surface area contributed by atoms with Gasteiger partial charge in [0.25, 0.3) is 0 Å². The van der Waals surface area contributed by atoms with Gasteiger partial charge in [0, 0.05) is 44.5 Å². The summed E-state index contributed by atoms with van der Waals surface area (Å²) in [5.41, 5.74) is 1.87. The van der Waals surface area contributed by atoms with Crippen LogP contribution in [-0.2, 0) is 16.8 Å². The summed E-state index contributed by atoms with van der Waals surface area (Å²) in [6.45, 7) is 6.77. The van der Waals surface area contributed by atoms with Crippen LogP contribution in [0.15, 0.2) is 78.9 Å². The van der Waals surface area contributed by atoms with Gasteiger partial charge < -0.3 is 14.8 Å². The fourth-order valence-corrected chi connectivity index (χ4v) is 6.91.